The average Bonchev–Trinajstić information content (AvgIpc) is 2.50. The smallest absolute Gasteiger partial charge is 0.0465 e. The lowest BCUT2D eigenvalue weighted by Crippen LogP contribution is -2.45. The van der Waals surface area contributed by atoms with E-state index < -0.39 is 0 Å². The standard InChI is InChI=1S/C19H22Cl2N2/c1-13-2-4-14(5-3-13)16-8-18(22)12-23(11-16)10-15-6-7-17(20)9-19(15)21/h2-7,9,16,18H,8,10-12,22H2,1H3. The molecule has 1 saturated heterocycles. The van der Waals surface area contributed by atoms with Gasteiger partial charge in [-0.25, -0.2) is 0 Å². The first-order valence-corrected chi connectivity index (χ1v) is 8.75. The fraction of sp³-hybridized carbons (Fsp3) is 0.368. The van der Waals surface area contributed by atoms with E-state index in [1.54, 1.807) is 6.07 Å². The summed E-state index contributed by atoms with van der Waals surface area (Å²) >= 11 is 12.3. The Morgan fingerprint density at radius 1 is 1.09 bits per heavy atom. The number of nitrogens with two attached hydrogens (primary N) is 1. The fourth-order valence-electron chi connectivity index (χ4n) is 3.33. The first-order chi connectivity index (χ1) is 11.0. The number of halogens is 2. The zero-order chi connectivity index (χ0) is 16.4. The van der Waals surface area contributed by atoms with E-state index in [9.17, 15) is 0 Å². The topological polar surface area (TPSA) is 29.3 Å². The summed E-state index contributed by atoms with van der Waals surface area (Å²) in [5.41, 5.74) is 10.1. The molecule has 3 rings (SSSR count). The van der Waals surface area contributed by atoms with Crippen molar-refractivity contribution < 1.29 is 0 Å². The Labute approximate surface area is 148 Å². The largest absolute Gasteiger partial charge is 0.327 e. The molecule has 23 heavy (non-hydrogen) atoms. The molecule has 1 heterocycles. The number of rotatable bonds is 3. The third-order valence-electron chi connectivity index (χ3n) is 4.52. The van der Waals surface area contributed by atoms with Crippen molar-refractivity contribution in [2.45, 2.75) is 31.8 Å². The van der Waals surface area contributed by atoms with Crippen LogP contribution >= 0.6 is 23.2 Å². The minimum Gasteiger partial charge on any atom is -0.327 e. The van der Waals surface area contributed by atoms with Crippen LogP contribution in [0.4, 0.5) is 0 Å². The summed E-state index contributed by atoms with van der Waals surface area (Å²) in [7, 11) is 0. The molecule has 2 nitrogen and oxygen atoms in total. The van der Waals surface area contributed by atoms with Gasteiger partial charge in [-0.2, -0.15) is 0 Å². The van der Waals surface area contributed by atoms with E-state index >= 15 is 0 Å². The predicted octanol–water partition coefficient (Wildman–Crippen LogP) is 4.62. The monoisotopic (exact) mass is 348 g/mol. The number of hydrogen-bond donors (Lipinski definition) is 1. The van der Waals surface area contributed by atoms with Crippen LogP contribution in [-0.4, -0.2) is 24.0 Å². The highest BCUT2D eigenvalue weighted by atomic mass is 35.5. The molecule has 2 aromatic rings. The normalized spacial score (nSPS) is 22.3. The van der Waals surface area contributed by atoms with E-state index in [1.165, 1.54) is 11.1 Å². The lowest BCUT2D eigenvalue weighted by atomic mass is 9.88. The maximum atomic E-state index is 6.31. The third-order valence-corrected chi connectivity index (χ3v) is 5.10. The highest BCUT2D eigenvalue weighted by Crippen LogP contribution is 2.29. The Morgan fingerprint density at radius 3 is 2.52 bits per heavy atom. The van der Waals surface area contributed by atoms with Gasteiger partial charge in [-0.15, -0.1) is 0 Å². The molecule has 2 unspecified atom stereocenters. The van der Waals surface area contributed by atoms with Crippen molar-refractivity contribution in [1.82, 2.24) is 4.90 Å². The number of nitrogens with zero attached hydrogens (tertiary/aromatic N) is 1. The molecule has 0 amide bonds. The zero-order valence-electron chi connectivity index (χ0n) is 13.3. The number of hydrogen-bond acceptors (Lipinski definition) is 2. The lowest BCUT2D eigenvalue weighted by Gasteiger charge is -2.36. The second-order valence-corrected chi connectivity index (χ2v) is 7.38. The van der Waals surface area contributed by atoms with Crippen molar-refractivity contribution in [3.05, 3.63) is 69.2 Å². The zero-order valence-corrected chi connectivity index (χ0v) is 14.8. The van der Waals surface area contributed by atoms with Gasteiger partial charge in [-0.1, -0.05) is 59.1 Å². The number of benzene rings is 2. The molecular weight excluding hydrogens is 327 g/mol. The molecule has 0 aromatic heterocycles. The van der Waals surface area contributed by atoms with Gasteiger partial charge in [0.05, 0.1) is 0 Å². The Bertz CT molecular complexity index is 670. The molecule has 1 aliphatic heterocycles. The first-order valence-electron chi connectivity index (χ1n) is 7.99. The molecule has 0 radical (unpaired) electrons. The van der Waals surface area contributed by atoms with Crippen LogP contribution in [0.3, 0.4) is 0 Å². The highest BCUT2D eigenvalue weighted by Gasteiger charge is 2.26. The van der Waals surface area contributed by atoms with Gasteiger partial charge in [0.2, 0.25) is 0 Å². The SMILES string of the molecule is Cc1ccc(C2CC(N)CN(Cc3ccc(Cl)cc3Cl)C2)cc1. The lowest BCUT2D eigenvalue weighted by molar-refractivity contribution is 0.181. The van der Waals surface area contributed by atoms with Crippen molar-refractivity contribution >= 4 is 23.2 Å². The molecule has 2 aromatic carbocycles. The summed E-state index contributed by atoms with van der Waals surface area (Å²) in [4.78, 5) is 2.40. The van der Waals surface area contributed by atoms with E-state index in [0.717, 1.165) is 36.6 Å². The second kappa shape index (κ2) is 7.23. The molecule has 4 heteroatoms. The van der Waals surface area contributed by atoms with Crippen molar-refractivity contribution in [1.29, 1.82) is 0 Å². The highest BCUT2D eigenvalue weighted by molar-refractivity contribution is 6.35. The van der Waals surface area contributed by atoms with Gasteiger partial charge < -0.3 is 5.73 Å². The molecule has 0 spiro atoms. The van der Waals surface area contributed by atoms with Crippen LogP contribution in [0, 0.1) is 6.92 Å². The van der Waals surface area contributed by atoms with Crippen LogP contribution in [0.1, 0.15) is 29.0 Å². The summed E-state index contributed by atoms with van der Waals surface area (Å²) < 4.78 is 0. The number of likely N-dealkylation sites (tertiary alicyclic amines) is 1. The van der Waals surface area contributed by atoms with Crippen molar-refractivity contribution in [2.24, 2.45) is 5.73 Å². The van der Waals surface area contributed by atoms with Crippen LogP contribution < -0.4 is 5.73 Å². The molecule has 122 valence electrons. The average molecular weight is 349 g/mol. The summed E-state index contributed by atoms with van der Waals surface area (Å²) in [5, 5.41) is 1.40. The van der Waals surface area contributed by atoms with Gasteiger partial charge in [-0.05, 0) is 42.5 Å². The first kappa shape index (κ1) is 16.8. The number of aryl methyl sites for hydroxylation is 1. The Kier molecular flexibility index (Phi) is 5.27. The van der Waals surface area contributed by atoms with E-state index in [2.05, 4.69) is 36.1 Å². The maximum absolute atomic E-state index is 6.31. The quantitative estimate of drug-likeness (QED) is 0.876. The minimum atomic E-state index is 0.195. The van der Waals surface area contributed by atoms with Gasteiger partial charge in [0, 0.05) is 35.7 Å². The van der Waals surface area contributed by atoms with Gasteiger partial charge in [-0.3, -0.25) is 4.90 Å². The van der Waals surface area contributed by atoms with E-state index in [4.69, 9.17) is 28.9 Å². The van der Waals surface area contributed by atoms with Crippen LogP contribution in [0.5, 0.6) is 0 Å². The summed E-state index contributed by atoms with van der Waals surface area (Å²) in [6.45, 7) is 4.84. The van der Waals surface area contributed by atoms with Crippen molar-refractivity contribution in [3.63, 3.8) is 0 Å². The molecule has 2 N–H and O–H groups in total. The number of piperidine rings is 1. The van der Waals surface area contributed by atoms with Crippen molar-refractivity contribution in [2.75, 3.05) is 13.1 Å². The Hall–Kier alpha value is -1.06. The van der Waals surface area contributed by atoms with Crippen LogP contribution in [0.15, 0.2) is 42.5 Å². The minimum absolute atomic E-state index is 0.195. The van der Waals surface area contributed by atoms with E-state index in [-0.39, 0.29) is 6.04 Å². The molecule has 1 aliphatic rings. The fourth-order valence-corrected chi connectivity index (χ4v) is 3.80. The Balaban J connectivity index is 1.74. The summed E-state index contributed by atoms with van der Waals surface area (Å²) in [6.07, 6.45) is 1.04. The molecular formula is C19H22Cl2N2. The third kappa shape index (κ3) is 4.27. The van der Waals surface area contributed by atoms with Gasteiger partial charge in [0.25, 0.3) is 0 Å². The van der Waals surface area contributed by atoms with Crippen molar-refractivity contribution in [3.8, 4) is 0 Å². The second-order valence-electron chi connectivity index (χ2n) is 6.53. The van der Waals surface area contributed by atoms with Crippen LogP contribution in [0.2, 0.25) is 10.0 Å². The Morgan fingerprint density at radius 2 is 1.83 bits per heavy atom. The van der Waals surface area contributed by atoms with Gasteiger partial charge in [0.1, 0.15) is 0 Å². The van der Waals surface area contributed by atoms with E-state index in [1.807, 2.05) is 12.1 Å². The van der Waals surface area contributed by atoms with Crippen LogP contribution in [0.25, 0.3) is 0 Å². The van der Waals surface area contributed by atoms with Gasteiger partial charge in [0.15, 0.2) is 0 Å². The maximum Gasteiger partial charge on any atom is 0.0465 e. The molecule has 1 fully saturated rings. The molecule has 0 saturated carbocycles. The summed E-state index contributed by atoms with van der Waals surface area (Å²) in [6, 6.07) is 14.7. The van der Waals surface area contributed by atoms with E-state index in [0.29, 0.717) is 10.9 Å². The molecule has 0 aliphatic carbocycles. The molecule has 2 atom stereocenters. The van der Waals surface area contributed by atoms with Gasteiger partial charge >= 0.3 is 0 Å². The van der Waals surface area contributed by atoms with Crippen LogP contribution in [-0.2, 0) is 6.54 Å². The predicted molar refractivity (Wildman–Crippen MR) is 98.3 cm³/mol. The summed E-state index contributed by atoms with van der Waals surface area (Å²) in [5.74, 6) is 0.477. The molecule has 0 bridgehead atoms.